The molecular weight excluding hydrogens is 196 g/mol. The maximum Gasteiger partial charge on any atom is 0.187 e. The third kappa shape index (κ3) is 3.64. The predicted octanol–water partition coefficient (Wildman–Crippen LogP) is 3.47. The molecule has 0 aromatic rings. The van der Waals surface area contributed by atoms with Gasteiger partial charge in [0.1, 0.15) is 0 Å². The van der Waals surface area contributed by atoms with Crippen LogP contribution < -0.4 is 0 Å². The van der Waals surface area contributed by atoms with Gasteiger partial charge in [0.2, 0.25) is 0 Å². The van der Waals surface area contributed by atoms with Gasteiger partial charge in [-0.3, -0.25) is 0 Å². The van der Waals surface area contributed by atoms with Crippen molar-refractivity contribution >= 4 is 20.9 Å². The predicted molar refractivity (Wildman–Crippen MR) is 64.1 cm³/mol. The van der Waals surface area contributed by atoms with Crippen molar-refractivity contribution in [2.75, 3.05) is 0 Å². The Hall–Kier alpha value is 0.527. The van der Waals surface area contributed by atoms with Crippen LogP contribution in [0.3, 0.4) is 0 Å². The molecular formula is C10H22OSSi. The quantitative estimate of drug-likeness (QED) is 0.564. The van der Waals surface area contributed by atoms with E-state index < -0.39 is 8.32 Å². The standard InChI is InChI=1S/C10H22OSSi/c1-4-6-10(12)9-7-5-8-13(2,3)11-9/h9-10,12H,4-8H2,1-3H3. The molecule has 0 N–H and O–H groups in total. The molecule has 0 aromatic carbocycles. The Morgan fingerprint density at radius 2 is 2.23 bits per heavy atom. The van der Waals surface area contributed by atoms with Crippen LogP contribution in [0.4, 0.5) is 0 Å². The molecule has 2 unspecified atom stereocenters. The van der Waals surface area contributed by atoms with Crippen LogP contribution in [0.25, 0.3) is 0 Å². The largest absolute Gasteiger partial charge is 0.413 e. The summed E-state index contributed by atoms with van der Waals surface area (Å²) in [7, 11) is -1.29. The van der Waals surface area contributed by atoms with Gasteiger partial charge in [-0.05, 0) is 32.0 Å². The summed E-state index contributed by atoms with van der Waals surface area (Å²) in [6.45, 7) is 6.87. The molecule has 13 heavy (non-hydrogen) atoms. The second kappa shape index (κ2) is 4.85. The van der Waals surface area contributed by atoms with Gasteiger partial charge in [-0.25, -0.2) is 0 Å². The molecule has 1 aliphatic heterocycles. The minimum atomic E-state index is -1.29. The molecule has 1 saturated heterocycles. The maximum atomic E-state index is 6.15. The average molecular weight is 218 g/mol. The number of hydrogen-bond acceptors (Lipinski definition) is 2. The third-order valence-corrected chi connectivity index (χ3v) is 5.84. The summed E-state index contributed by atoms with van der Waals surface area (Å²) in [5, 5.41) is 0.470. The molecule has 1 heterocycles. The molecule has 0 spiro atoms. The molecule has 3 heteroatoms. The molecule has 1 aliphatic rings. The fourth-order valence-electron chi connectivity index (χ4n) is 2.01. The Morgan fingerprint density at radius 1 is 1.54 bits per heavy atom. The van der Waals surface area contributed by atoms with Crippen LogP contribution in [-0.4, -0.2) is 19.7 Å². The highest BCUT2D eigenvalue weighted by molar-refractivity contribution is 7.81. The summed E-state index contributed by atoms with van der Waals surface area (Å²) in [6, 6.07) is 1.33. The summed E-state index contributed by atoms with van der Waals surface area (Å²) in [5.41, 5.74) is 0. The third-order valence-electron chi connectivity index (χ3n) is 2.75. The number of rotatable bonds is 3. The average Bonchev–Trinajstić information content (AvgIpc) is 2.03. The molecule has 1 rings (SSSR count). The highest BCUT2D eigenvalue weighted by Crippen LogP contribution is 2.30. The molecule has 1 nitrogen and oxygen atoms in total. The SMILES string of the molecule is CCCC(S)C1CCC[Si](C)(C)O1. The minimum Gasteiger partial charge on any atom is -0.413 e. The molecule has 0 aromatic heterocycles. The van der Waals surface area contributed by atoms with Gasteiger partial charge in [-0.2, -0.15) is 12.6 Å². The molecule has 0 saturated carbocycles. The van der Waals surface area contributed by atoms with E-state index in [4.69, 9.17) is 4.43 Å². The highest BCUT2D eigenvalue weighted by atomic mass is 32.1. The fourth-order valence-corrected chi connectivity index (χ4v) is 4.87. The zero-order chi connectivity index (χ0) is 9.90. The van der Waals surface area contributed by atoms with Crippen LogP contribution >= 0.6 is 12.6 Å². The summed E-state index contributed by atoms with van der Waals surface area (Å²) < 4.78 is 6.15. The van der Waals surface area contributed by atoms with E-state index in [0.717, 1.165) is 0 Å². The zero-order valence-electron chi connectivity index (χ0n) is 9.05. The Balaban J connectivity index is 2.42. The van der Waals surface area contributed by atoms with Gasteiger partial charge in [0.05, 0.1) is 6.10 Å². The van der Waals surface area contributed by atoms with Crippen molar-refractivity contribution in [2.24, 2.45) is 0 Å². The number of thiol groups is 1. The lowest BCUT2D eigenvalue weighted by Crippen LogP contribution is -2.43. The normalized spacial score (nSPS) is 30.0. The molecule has 0 amide bonds. The van der Waals surface area contributed by atoms with E-state index in [0.29, 0.717) is 11.4 Å². The van der Waals surface area contributed by atoms with Crippen molar-refractivity contribution in [3.05, 3.63) is 0 Å². The molecule has 0 aliphatic carbocycles. The van der Waals surface area contributed by atoms with Gasteiger partial charge < -0.3 is 4.43 Å². The Morgan fingerprint density at radius 3 is 2.77 bits per heavy atom. The van der Waals surface area contributed by atoms with Gasteiger partial charge >= 0.3 is 0 Å². The first-order valence-electron chi connectivity index (χ1n) is 5.41. The number of hydrogen-bond donors (Lipinski definition) is 1. The topological polar surface area (TPSA) is 9.23 Å². The summed E-state index contributed by atoms with van der Waals surface area (Å²) in [4.78, 5) is 0. The van der Waals surface area contributed by atoms with E-state index in [1.165, 1.54) is 31.7 Å². The van der Waals surface area contributed by atoms with Crippen molar-refractivity contribution in [2.45, 2.75) is 63.1 Å². The first-order valence-corrected chi connectivity index (χ1v) is 9.04. The van der Waals surface area contributed by atoms with Crippen molar-refractivity contribution in [3.8, 4) is 0 Å². The summed E-state index contributed by atoms with van der Waals surface area (Å²) in [5.74, 6) is 0. The second-order valence-corrected chi connectivity index (χ2v) is 9.58. The van der Waals surface area contributed by atoms with Gasteiger partial charge in [-0.15, -0.1) is 0 Å². The van der Waals surface area contributed by atoms with Crippen molar-refractivity contribution in [3.63, 3.8) is 0 Å². The smallest absolute Gasteiger partial charge is 0.187 e. The molecule has 2 atom stereocenters. The Kier molecular flexibility index (Phi) is 4.33. The van der Waals surface area contributed by atoms with Gasteiger partial charge in [0, 0.05) is 5.25 Å². The van der Waals surface area contributed by atoms with E-state index in [-0.39, 0.29) is 0 Å². The van der Waals surface area contributed by atoms with E-state index in [2.05, 4.69) is 32.6 Å². The van der Waals surface area contributed by atoms with Crippen molar-refractivity contribution in [1.29, 1.82) is 0 Å². The maximum absolute atomic E-state index is 6.15. The minimum absolute atomic E-state index is 0.443. The van der Waals surface area contributed by atoms with E-state index in [1.54, 1.807) is 0 Å². The van der Waals surface area contributed by atoms with Crippen LogP contribution in [-0.2, 0) is 4.43 Å². The van der Waals surface area contributed by atoms with Gasteiger partial charge in [-0.1, -0.05) is 19.8 Å². The lowest BCUT2D eigenvalue weighted by Gasteiger charge is -2.37. The van der Waals surface area contributed by atoms with E-state index >= 15 is 0 Å². The van der Waals surface area contributed by atoms with Gasteiger partial charge in [0.15, 0.2) is 8.32 Å². The monoisotopic (exact) mass is 218 g/mol. The lowest BCUT2D eigenvalue weighted by atomic mass is 10.1. The summed E-state index contributed by atoms with van der Waals surface area (Å²) in [6.07, 6.45) is 5.43. The van der Waals surface area contributed by atoms with Crippen LogP contribution in [0.1, 0.15) is 32.6 Å². The molecule has 78 valence electrons. The van der Waals surface area contributed by atoms with Crippen molar-refractivity contribution < 1.29 is 4.43 Å². The molecule has 1 fully saturated rings. The molecule has 0 radical (unpaired) electrons. The highest BCUT2D eigenvalue weighted by Gasteiger charge is 2.33. The summed E-state index contributed by atoms with van der Waals surface area (Å²) >= 11 is 4.63. The second-order valence-electron chi connectivity index (χ2n) is 4.66. The van der Waals surface area contributed by atoms with Crippen LogP contribution in [0, 0.1) is 0 Å². The van der Waals surface area contributed by atoms with Crippen LogP contribution in [0.2, 0.25) is 19.1 Å². The Bertz CT molecular complexity index is 161. The molecule has 0 bridgehead atoms. The van der Waals surface area contributed by atoms with E-state index in [1.807, 2.05) is 0 Å². The van der Waals surface area contributed by atoms with Crippen molar-refractivity contribution in [1.82, 2.24) is 0 Å². The van der Waals surface area contributed by atoms with Crippen LogP contribution in [0.5, 0.6) is 0 Å². The first kappa shape index (κ1) is 11.6. The first-order chi connectivity index (χ1) is 6.05. The zero-order valence-corrected chi connectivity index (χ0v) is 10.9. The van der Waals surface area contributed by atoms with Gasteiger partial charge in [0.25, 0.3) is 0 Å². The Labute approximate surface area is 88.8 Å². The fraction of sp³-hybridized carbons (Fsp3) is 1.00. The van der Waals surface area contributed by atoms with Crippen LogP contribution in [0.15, 0.2) is 0 Å². The van der Waals surface area contributed by atoms with E-state index in [9.17, 15) is 0 Å². The lowest BCUT2D eigenvalue weighted by molar-refractivity contribution is 0.155.